The molecule has 2 aliphatic heterocycles. The number of rotatable bonds is 5. The van der Waals surface area contributed by atoms with Crippen molar-refractivity contribution in [1.29, 1.82) is 0 Å². The SMILES string of the molecule is CC[C@@H](C)NC(=O)c1ccc(N2C(=O)[C@@H]3Cc4c([nH]c5ccccc45)[C@@H](c4ccc(C)cc4)N3C2=O)cc1. The van der Waals surface area contributed by atoms with Crippen LogP contribution in [-0.4, -0.2) is 39.8 Å². The quantitative estimate of drug-likeness (QED) is 0.351. The Morgan fingerprint density at radius 3 is 2.45 bits per heavy atom. The Morgan fingerprint density at radius 2 is 1.74 bits per heavy atom. The summed E-state index contributed by atoms with van der Waals surface area (Å²) in [6.45, 7) is 5.99. The largest absolute Gasteiger partial charge is 0.356 e. The Morgan fingerprint density at radius 1 is 1.03 bits per heavy atom. The molecule has 2 aliphatic rings. The Balaban J connectivity index is 1.39. The van der Waals surface area contributed by atoms with Crippen molar-refractivity contribution in [2.45, 2.75) is 51.7 Å². The minimum absolute atomic E-state index is 0.0618. The number of hydrogen-bond acceptors (Lipinski definition) is 3. The van der Waals surface area contributed by atoms with E-state index in [1.165, 1.54) is 4.90 Å². The first-order valence-corrected chi connectivity index (χ1v) is 13.1. The first-order valence-electron chi connectivity index (χ1n) is 13.1. The van der Waals surface area contributed by atoms with Gasteiger partial charge in [0.05, 0.1) is 5.69 Å². The van der Waals surface area contributed by atoms with E-state index in [0.717, 1.165) is 39.7 Å². The van der Waals surface area contributed by atoms with Crippen molar-refractivity contribution in [3.63, 3.8) is 0 Å². The molecule has 0 aliphatic carbocycles. The number of aromatic nitrogens is 1. The van der Waals surface area contributed by atoms with Crippen LogP contribution in [0, 0.1) is 6.92 Å². The second-order valence-corrected chi connectivity index (χ2v) is 10.3. The lowest BCUT2D eigenvalue weighted by Gasteiger charge is -2.36. The van der Waals surface area contributed by atoms with Crippen LogP contribution in [-0.2, 0) is 11.2 Å². The average Bonchev–Trinajstić information content (AvgIpc) is 3.42. The minimum atomic E-state index is -0.617. The lowest BCUT2D eigenvalue weighted by Crippen LogP contribution is -2.44. The third kappa shape index (κ3) is 3.77. The van der Waals surface area contributed by atoms with Crippen LogP contribution in [0.1, 0.15) is 59.1 Å². The summed E-state index contributed by atoms with van der Waals surface area (Å²) in [6, 6.07) is 21.6. The Hall–Kier alpha value is -4.39. The molecule has 4 amide bonds. The maximum atomic E-state index is 14.0. The number of amides is 4. The number of H-pyrrole nitrogens is 1. The Bertz CT molecular complexity index is 1550. The molecule has 0 unspecified atom stereocenters. The van der Waals surface area contributed by atoms with Gasteiger partial charge in [0, 0.05) is 34.6 Å². The molecule has 0 radical (unpaired) electrons. The number of hydrogen-bond donors (Lipinski definition) is 2. The predicted molar refractivity (Wildman–Crippen MR) is 147 cm³/mol. The lowest BCUT2D eigenvalue weighted by atomic mass is 9.88. The number of aromatic amines is 1. The third-order valence-corrected chi connectivity index (χ3v) is 7.82. The van der Waals surface area contributed by atoms with Gasteiger partial charge in [0.25, 0.3) is 11.8 Å². The van der Waals surface area contributed by atoms with Crippen LogP contribution >= 0.6 is 0 Å². The fraction of sp³-hybridized carbons (Fsp3) is 0.258. The number of fused-ring (bicyclic) bond motifs is 4. The van der Waals surface area contributed by atoms with Gasteiger partial charge >= 0.3 is 6.03 Å². The Kier molecular flexibility index (Phi) is 5.79. The van der Waals surface area contributed by atoms with E-state index in [-0.39, 0.29) is 23.9 Å². The van der Waals surface area contributed by atoms with E-state index in [0.29, 0.717) is 17.7 Å². The van der Waals surface area contributed by atoms with E-state index in [9.17, 15) is 14.4 Å². The number of carbonyl (C=O) groups excluding carboxylic acids is 3. The van der Waals surface area contributed by atoms with Crippen molar-refractivity contribution in [2.75, 3.05) is 4.90 Å². The summed E-state index contributed by atoms with van der Waals surface area (Å²) < 4.78 is 0. The number of para-hydroxylation sites is 1. The van der Waals surface area contributed by atoms with Crippen molar-refractivity contribution < 1.29 is 14.4 Å². The molecule has 0 spiro atoms. The van der Waals surface area contributed by atoms with Gasteiger partial charge in [-0.25, -0.2) is 9.69 Å². The number of aryl methyl sites for hydroxylation is 1. The van der Waals surface area contributed by atoms with Crippen LogP contribution in [0.4, 0.5) is 10.5 Å². The molecule has 3 heterocycles. The van der Waals surface area contributed by atoms with Gasteiger partial charge in [-0.15, -0.1) is 0 Å². The number of urea groups is 1. The van der Waals surface area contributed by atoms with Gasteiger partial charge in [0.15, 0.2) is 0 Å². The molecular formula is C31H30N4O3. The number of nitrogens with one attached hydrogen (secondary N) is 2. The Labute approximate surface area is 221 Å². The van der Waals surface area contributed by atoms with Crippen LogP contribution in [0.5, 0.6) is 0 Å². The van der Waals surface area contributed by atoms with E-state index in [2.05, 4.69) is 16.4 Å². The van der Waals surface area contributed by atoms with Gasteiger partial charge in [-0.2, -0.15) is 0 Å². The number of imide groups is 1. The first kappa shape index (κ1) is 24.0. The van der Waals surface area contributed by atoms with E-state index < -0.39 is 12.1 Å². The van der Waals surface area contributed by atoms with Crippen molar-refractivity contribution in [1.82, 2.24) is 15.2 Å². The van der Waals surface area contributed by atoms with Crippen molar-refractivity contribution in [3.05, 3.63) is 101 Å². The normalized spacial score (nSPS) is 19.4. The van der Waals surface area contributed by atoms with Gasteiger partial charge in [0.2, 0.25) is 0 Å². The molecule has 4 aromatic rings. The van der Waals surface area contributed by atoms with E-state index in [4.69, 9.17) is 0 Å². The molecule has 7 heteroatoms. The van der Waals surface area contributed by atoms with E-state index >= 15 is 0 Å². The third-order valence-electron chi connectivity index (χ3n) is 7.82. The highest BCUT2D eigenvalue weighted by atomic mass is 16.2. The second-order valence-electron chi connectivity index (χ2n) is 10.3. The molecule has 0 saturated carbocycles. The fourth-order valence-electron chi connectivity index (χ4n) is 5.58. The van der Waals surface area contributed by atoms with Gasteiger partial charge in [-0.3, -0.25) is 14.5 Å². The zero-order valence-corrected chi connectivity index (χ0v) is 21.7. The molecule has 1 saturated heterocycles. The first-order chi connectivity index (χ1) is 18.4. The highest BCUT2D eigenvalue weighted by molar-refractivity contribution is 6.22. The number of carbonyl (C=O) groups is 3. The van der Waals surface area contributed by atoms with Crippen molar-refractivity contribution in [3.8, 4) is 0 Å². The lowest BCUT2D eigenvalue weighted by molar-refractivity contribution is -0.120. The summed E-state index contributed by atoms with van der Waals surface area (Å²) >= 11 is 0. The van der Waals surface area contributed by atoms with Gasteiger partial charge < -0.3 is 10.3 Å². The molecule has 6 rings (SSSR count). The second kappa shape index (κ2) is 9.17. The van der Waals surface area contributed by atoms with Gasteiger partial charge in [-0.1, -0.05) is 55.0 Å². The average molecular weight is 507 g/mol. The number of benzene rings is 3. The maximum absolute atomic E-state index is 14.0. The topological polar surface area (TPSA) is 85.5 Å². The van der Waals surface area contributed by atoms with Gasteiger partial charge in [0.1, 0.15) is 12.1 Å². The maximum Gasteiger partial charge on any atom is 0.332 e. The monoisotopic (exact) mass is 506 g/mol. The number of nitrogens with zero attached hydrogens (tertiary/aromatic N) is 2. The fourth-order valence-corrected chi connectivity index (χ4v) is 5.58. The molecule has 38 heavy (non-hydrogen) atoms. The van der Waals surface area contributed by atoms with Crippen LogP contribution in [0.3, 0.4) is 0 Å². The highest BCUT2D eigenvalue weighted by Crippen LogP contribution is 2.44. The zero-order chi connectivity index (χ0) is 26.6. The minimum Gasteiger partial charge on any atom is -0.356 e. The van der Waals surface area contributed by atoms with E-state index in [1.807, 2.05) is 63.2 Å². The molecule has 7 nitrogen and oxygen atoms in total. The summed E-state index contributed by atoms with van der Waals surface area (Å²) in [5, 5.41) is 4.02. The standard InChI is InChI=1S/C31H30N4O3/c1-4-19(3)32-29(36)21-13-15-22(16-14-21)34-30(37)26-17-24-23-7-5-6-8-25(23)33-27(24)28(35(26)31(34)38)20-11-9-18(2)10-12-20/h5-16,19,26,28,33H,4,17H2,1-3H3,(H,32,36)/t19-,26+,28-/m1/s1. The summed E-state index contributed by atoms with van der Waals surface area (Å²) in [5.74, 6) is -0.424. The van der Waals surface area contributed by atoms with Crippen molar-refractivity contribution in [2.24, 2.45) is 0 Å². The van der Waals surface area contributed by atoms with E-state index in [1.54, 1.807) is 29.2 Å². The zero-order valence-electron chi connectivity index (χ0n) is 21.7. The highest BCUT2D eigenvalue weighted by Gasteiger charge is 2.53. The molecular weight excluding hydrogens is 476 g/mol. The van der Waals surface area contributed by atoms with Crippen LogP contribution in [0.25, 0.3) is 10.9 Å². The van der Waals surface area contributed by atoms with Crippen LogP contribution < -0.4 is 10.2 Å². The molecule has 1 aromatic heterocycles. The molecule has 2 N–H and O–H groups in total. The summed E-state index contributed by atoms with van der Waals surface area (Å²) in [4.78, 5) is 46.9. The molecule has 0 bridgehead atoms. The summed E-state index contributed by atoms with van der Waals surface area (Å²) in [6.07, 6.45) is 1.27. The van der Waals surface area contributed by atoms with Crippen LogP contribution in [0.15, 0.2) is 72.8 Å². The predicted octanol–water partition coefficient (Wildman–Crippen LogP) is 5.49. The molecule has 3 atom stereocenters. The number of anilines is 1. The molecule has 3 aromatic carbocycles. The summed E-state index contributed by atoms with van der Waals surface area (Å²) in [5.41, 5.74) is 6.06. The summed E-state index contributed by atoms with van der Waals surface area (Å²) in [7, 11) is 0. The van der Waals surface area contributed by atoms with Gasteiger partial charge in [-0.05, 0) is 61.7 Å². The molecule has 192 valence electrons. The van der Waals surface area contributed by atoms with Crippen LogP contribution in [0.2, 0.25) is 0 Å². The smallest absolute Gasteiger partial charge is 0.332 e. The molecule has 1 fully saturated rings. The van der Waals surface area contributed by atoms with Crippen molar-refractivity contribution >= 4 is 34.4 Å².